The average Bonchev–Trinajstić information content (AvgIpc) is 1.68. The molecule has 2 atom stereocenters. The molecule has 0 bridgehead atoms. The van der Waals surface area contributed by atoms with E-state index in [9.17, 15) is 0 Å². The second-order valence-corrected chi connectivity index (χ2v) is 2.96. The van der Waals surface area contributed by atoms with E-state index in [4.69, 9.17) is 27.4 Å². The third-order valence-corrected chi connectivity index (χ3v) is 1.00. The van der Waals surface area contributed by atoms with Crippen LogP contribution in [0, 0.1) is 0 Å². The molecule has 0 heterocycles. The first-order valence-corrected chi connectivity index (χ1v) is 3.99. The van der Waals surface area contributed by atoms with Crippen LogP contribution < -0.4 is 59.1 Å². The second-order valence-electron chi connectivity index (χ2n) is 0.514. The fourth-order valence-corrected chi connectivity index (χ4v) is 0. The Balaban J connectivity index is -0.0000000437. The Labute approximate surface area is 112 Å². The largest absolute Gasteiger partial charge is 1.00 e. The monoisotopic (exact) mass is 220 g/mol. The van der Waals surface area contributed by atoms with E-state index in [1.54, 1.807) is 0 Å². The van der Waals surface area contributed by atoms with E-state index in [1.807, 2.05) is 0 Å². The third-order valence-electron chi connectivity index (χ3n) is 0.111. The zero-order valence-electron chi connectivity index (χ0n) is 5.88. The summed E-state index contributed by atoms with van der Waals surface area (Å²) in [7, 11) is -5.90. The minimum atomic E-state index is -2.95. The van der Waals surface area contributed by atoms with Crippen LogP contribution in [0.15, 0.2) is 0 Å². The molecule has 0 rings (SSSR count). The molecule has 0 aliphatic heterocycles. The quantitative estimate of drug-likeness (QED) is 0.203. The van der Waals surface area contributed by atoms with Crippen molar-refractivity contribution < 1.29 is 86.5 Å². The fourth-order valence-electron chi connectivity index (χ4n) is 0. The van der Waals surface area contributed by atoms with E-state index in [0.717, 1.165) is 0 Å². The maximum absolute atomic E-state index is 9.09. The zero-order chi connectivity index (χ0) is 7.86. The van der Waals surface area contributed by atoms with Crippen molar-refractivity contribution >= 4 is 26.7 Å². The van der Waals surface area contributed by atoms with E-state index in [1.165, 1.54) is 0 Å². The molecule has 0 aliphatic rings. The van der Waals surface area contributed by atoms with Crippen LogP contribution in [0.25, 0.3) is 0 Å². The molecule has 0 spiro atoms. The minimum Gasteiger partial charge on any atom is -0.763 e. The van der Waals surface area contributed by atoms with E-state index < -0.39 is 20.2 Å². The molecule has 10 heteroatoms. The van der Waals surface area contributed by atoms with Crippen LogP contribution >= 0.6 is 0 Å². The first-order valence-electron chi connectivity index (χ1n) is 1.33. The van der Waals surface area contributed by atoms with Gasteiger partial charge in [0.2, 0.25) is 0 Å². The fraction of sp³-hybridized carbons (Fsp3) is 0. The zero-order valence-corrected chi connectivity index (χ0v) is 11.5. The van der Waals surface area contributed by atoms with Crippen molar-refractivity contribution in [3.63, 3.8) is 0 Å². The minimum absolute atomic E-state index is 0. The van der Waals surface area contributed by atoms with Crippen molar-refractivity contribution in [2.75, 3.05) is 0 Å². The Morgan fingerprint density at radius 3 is 1.18 bits per heavy atom. The van der Waals surface area contributed by atoms with Crippen LogP contribution in [0.1, 0.15) is 0 Å². The van der Waals surface area contributed by atoms with Gasteiger partial charge in [-0.15, -0.1) is 0 Å². The molecule has 0 aromatic carbocycles. The molecule has 1 N–H and O–H groups in total. The molecule has 11 heavy (non-hydrogen) atoms. The van der Waals surface area contributed by atoms with Crippen molar-refractivity contribution in [3.05, 3.63) is 0 Å². The van der Waals surface area contributed by atoms with Crippen molar-refractivity contribution in [1.29, 1.82) is 0 Å². The molecule has 0 fully saturated rings. The molecule has 56 valence electrons. The number of hydrogen-bond donors (Lipinski definition) is 1. The average molecular weight is 220 g/mol. The van der Waals surface area contributed by atoms with E-state index in [0.29, 0.717) is 0 Å². The predicted molar refractivity (Wildman–Crippen MR) is 26.5 cm³/mol. The van der Waals surface area contributed by atoms with Crippen molar-refractivity contribution in [2.45, 2.75) is 0 Å². The van der Waals surface area contributed by atoms with Crippen LogP contribution in [0.5, 0.6) is 0 Å². The van der Waals surface area contributed by atoms with Gasteiger partial charge < -0.3 is 14.2 Å². The molecule has 0 aromatic heterocycles. The van der Waals surface area contributed by atoms with Gasteiger partial charge in [-0.2, -0.15) is 0 Å². The van der Waals surface area contributed by atoms with Gasteiger partial charge in [-0.25, -0.2) is 0 Å². The van der Waals surface area contributed by atoms with Gasteiger partial charge in [0.1, 0.15) is 0 Å². The summed E-state index contributed by atoms with van der Waals surface area (Å²) in [6.07, 6.45) is 0. The van der Waals surface area contributed by atoms with Gasteiger partial charge in [0.25, 0.3) is 6.47 Å². The molecule has 0 aliphatic carbocycles. The summed E-state index contributed by atoms with van der Waals surface area (Å²) in [6, 6.07) is 0. The maximum Gasteiger partial charge on any atom is 1.00 e. The van der Waals surface area contributed by atoms with Gasteiger partial charge in [-0.05, 0) is 0 Å². The standard InChI is InChI=1S/CH2O2.2Na.H2O4S2/c2-1-3;;;1-5(2)6(3)4/h1H,(H,2,3);;;(H,1,2)(H,3,4)/q;2*+1;/p-2. The van der Waals surface area contributed by atoms with Gasteiger partial charge >= 0.3 is 59.1 Å². The number of hydrogen-bond acceptors (Lipinski definition) is 5. The molecule has 2 unspecified atom stereocenters. The van der Waals surface area contributed by atoms with Gasteiger partial charge in [-0.1, -0.05) is 0 Å². The van der Waals surface area contributed by atoms with Crippen LogP contribution in [0.3, 0.4) is 0 Å². The summed E-state index contributed by atoms with van der Waals surface area (Å²) in [5, 5.41) is 6.89. The summed E-state index contributed by atoms with van der Waals surface area (Å²) < 4.78 is 36.3. The third kappa shape index (κ3) is 33.9. The van der Waals surface area contributed by atoms with Gasteiger partial charge in [-0.3, -0.25) is 13.2 Å². The van der Waals surface area contributed by atoms with Crippen molar-refractivity contribution in [3.8, 4) is 0 Å². The summed E-state index contributed by atoms with van der Waals surface area (Å²) >= 11 is 0. The van der Waals surface area contributed by atoms with E-state index >= 15 is 0 Å². The first-order chi connectivity index (χ1) is 4.06. The number of carbonyl (C=O) groups is 1. The Morgan fingerprint density at radius 1 is 1.09 bits per heavy atom. The maximum atomic E-state index is 9.09. The summed E-state index contributed by atoms with van der Waals surface area (Å²) in [5.74, 6) is 0. The number of carboxylic acid groups (broad SMARTS) is 1. The Morgan fingerprint density at radius 2 is 1.18 bits per heavy atom. The van der Waals surface area contributed by atoms with Crippen LogP contribution in [-0.2, 0) is 25.0 Å². The molecule has 6 nitrogen and oxygen atoms in total. The normalized spacial score (nSPS) is 11.8. The first kappa shape index (κ1) is 23.0. The summed E-state index contributed by atoms with van der Waals surface area (Å²) in [4.78, 5) is 8.36. The van der Waals surface area contributed by atoms with Crippen LogP contribution in [0.2, 0.25) is 0 Å². The van der Waals surface area contributed by atoms with Crippen molar-refractivity contribution in [2.24, 2.45) is 0 Å². The van der Waals surface area contributed by atoms with Crippen molar-refractivity contribution in [1.82, 2.24) is 0 Å². The molecule has 0 aromatic rings. The van der Waals surface area contributed by atoms with E-state index in [-0.39, 0.29) is 65.6 Å². The Hall–Kier alpha value is 1.69. The molecule has 0 amide bonds. The SMILES string of the molecule is O=CO.O=S([O-])S(=O)[O-].[Na+].[Na+]. The molecular formula is CH2Na2O6S2. The molecule has 0 saturated heterocycles. The van der Waals surface area contributed by atoms with Gasteiger partial charge in [0.05, 0.1) is 0 Å². The Bertz CT molecular complexity index is 114. The molecule has 0 radical (unpaired) electrons. The topological polar surface area (TPSA) is 118 Å². The van der Waals surface area contributed by atoms with Gasteiger partial charge in [0, 0.05) is 20.2 Å². The number of rotatable bonds is 1. The second kappa shape index (κ2) is 17.7. The summed E-state index contributed by atoms with van der Waals surface area (Å²) in [6.45, 7) is -0.250. The van der Waals surface area contributed by atoms with Gasteiger partial charge in [0.15, 0.2) is 0 Å². The molecular weight excluding hydrogens is 218 g/mol. The van der Waals surface area contributed by atoms with E-state index in [2.05, 4.69) is 0 Å². The van der Waals surface area contributed by atoms with Crippen LogP contribution in [0.4, 0.5) is 0 Å². The Kier molecular flexibility index (Phi) is 36.9. The van der Waals surface area contributed by atoms with Crippen LogP contribution in [-0.4, -0.2) is 29.1 Å². The smallest absolute Gasteiger partial charge is 0.763 e. The molecule has 0 saturated carbocycles. The summed E-state index contributed by atoms with van der Waals surface area (Å²) in [5.41, 5.74) is 0. The predicted octanol–water partition coefficient (Wildman–Crippen LogP) is -7.63.